The number of fused-ring (bicyclic) bond motifs is 1. The quantitative estimate of drug-likeness (QED) is 0.687. The maximum atomic E-state index is 12.0. The van der Waals surface area contributed by atoms with Gasteiger partial charge >= 0.3 is 0 Å². The number of para-hydroxylation sites is 1. The summed E-state index contributed by atoms with van der Waals surface area (Å²) in [6, 6.07) is 8.22. The van der Waals surface area contributed by atoms with Gasteiger partial charge in [0.2, 0.25) is 5.91 Å². The van der Waals surface area contributed by atoms with Gasteiger partial charge in [-0.2, -0.15) is 0 Å². The van der Waals surface area contributed by atoms with Crippen LogP contribution in [0.25, 0.3) is 0 Å². The lowest BCUT2D eigenvalue weighted by atomic mass is 10.0. The van der Waals surface area contributed by atoms with Crippen LogP contribution in [0.4, 0.5) is 5.69 Å². The van der Waals surface area contributed by atoms with E-state index in [1.54, 1.807) is 0 Å². The number of rotatable bonds is 1. The van der Waals surface area contributed by atoms with Crippen LogP contribution in [0.1, 0.15) is 25.8 Å². The fourth-order valence-corrected chi connectivity index (χ4v) is 2.07. The van der Waals surface area contributed by atoms with Crippen molar-refractivity contribution in [2.24, 2.45) is 5.92 Å². The van der Waals surface area contributed by atoms with Gasteiger partial charge < -0.3 is 4.90 Å². The molecular formula is C13H17NO. The van der Waals surface area contributed by atoms with E-state index >= 15 is 0 Å². The molecule has 1 aliphatic rings. The van der Waals surface area contributed by atoms with Crippen LogP contribution in [0.15, 0.2) is 24.3 Å². The minimum Gasteiger partial charge on any atom is -0.312 e. The monoisotopic (exact) mass is 203 g/mol. The number of amides is 1. The highest BCUT2D eigenvalue weighted by atomic mass is 16.2. The fraction of sp³-hybridized carbons (Fsp3) is 0.462. The van der Waals surface area contributed by atoms with E-state index in [2.05, 4.69) is 12.1 Å². The molecule has 0 saturated carbocycles. The molecule has 0 unspecified atom stereocenters. The molecule has 2 rings (SSSR count). The summed E-state index contributed by atoms with van der Waals surface area (Å²) in [7, 11) is 0. The zero-order chi connectivity index (χ0) is 10.8. The maximum absolute atomic E-state index is 12.0. The molecule has 1 heterocycles. The van der Waals surface area contributed by atoms with E-state index in [0.29, 0.717) is 0 Å². The highest BCUT2D eigenvalue weighted by Crippen LogP contribution is 2.27. The van der Waals surface area contributed by atoms with E-state index in [1.807, 2.05) is 30.9 Å². The normalized spacial score (nSPS) is 15.3. The van der Waals surface area contributed by atoms with Crippen molar-refractivity contribution >= 4 is 11.6 Å². The molecule has 0 fully saturated rings. The van der Waals surface area contributed by atoms with Crippen molar-refractivity contribution in [3.63, 3.8) is 0 Å². The summed E-state index contributed by atoms with van der Waals surface area (Å²) in [4.78, 5) is 13.9. The Morgan fingerprint density at radius 1 is 1.33 bits per heavy atom. The van der Waals surface area contributed by atoms with Crippen LogP contribution in [0, 0.1) is 5.92 Å². The molecule has 0 radical (unpaired) electrons. The number of aryl methyl sites for hydroxylation is 1. The second-order valence-electron chi connectivity index (χ2n) is 4.38. The molecule has 0 aromatic heterocycles. The summed E-state index contributed by atoms with van der Waals surface area (Å²) >= 11 is 0. The van der Waals surface area contributed by atoms with Gasteiger partial charge in [0, 0.05) is 18.2 Å². The number of benzene rings is 1. The lowest BCUT2D eigenvalue weighted by Gasteiger charge is -2.30. The zero-order valence-electron chi connectivity index (χ0n) is 9.36. The Hall–Kier alpha value is -1.31. The first kappa shape index (κ1) is 10.2. The molecular weight excluding hydrogens is 186 g/mol. The minimum atomic E-state index is 0.0798. The lowest BCUT2D eigenvalue weighted by molar-refractivity contribution is -0.121. The summed E-state index contributed by atoms with van der Waals surface area (Å²) in [5, 5.41) is 0. The standard InChI is InChI=1S/C13H17NO/c1-10(2)13(15)14-9-5-7-11-6-3-4-8-12(11)14/h3-4,6,8,10H,5,7,9H2,1-2H3. The topological polar surface area (TPSA) is 20.3 Å². The van der Waals surface area contributed by atoms with Crippen molar-refractivity contribution in [1.82, 2.24) is 0 Å². The van der Waals surface area contributed by atoms with Gasteiger partial charge in [-0.15, -0.1) is 0 Å². The van der Waals surface area contributed by atoms with E-state index < -0.39 is 0 Å². The second-order valence-corrected chi connectivity index (χ2v) is 4.38. The van der Waals surface area contributed by atoms with Crippen LogP contribution in [0.2, 0.25) is 0 Å². The smallest absolute Gasteiger partial charge is 0.229 e. The van der Waals surface area contributed by atoms with Crippen LogP contribution in [-0.4, -0.2) is 12.5 Å². The van der Waals surface area contributed by atoms with Gasteiger partial charge in [-0.25, -0.2) is 0 Å². The van der Waals surface area contributed by atoms with Gasteiger partial charge in [0.15, 0.2) is 0 Å². The summed E-state index contributed by atoms with van der Waals surface area (Å²) in [5.41, 5.74) is 2.42. The summed E-state index contributed by atoms with van der Waals surface area (Å²) in [6.07, 6.45) is 2.17. The first-order valence-corrected chi connectivity index (χ1v) is 5.59. The summed E-state index contributed by atoms with van der Waals surface area (Å²) in [6.45, 7) is 4.78. The second kappa shape index (κ2) is 4.05. The third kappa shape index (κ3) is 1.89. The molecule has 0 spiro atoms. The van der Waals surface area contributed by atoms with Crippen molar-refractivity contribution in [2.45, 2.75) is 26.7 Å². The largest absolute Gasteiger partial charge is 0.312 e. The third-order valence-corrected chi connectivity index (χ3v) is 2.87. The number of hydrogen-bond donors (Lipinski definition) is 0. The van der Waals surface area contributed by atoms with E-state index in [9.17, 15) is 4.79 Å². The molecule has 15 heavy (non-hydrogen) atoms. The van der Waals surface area contributed by atoms with Crippen LogP contribution in [-0.2, 0) is 11.2 Å². The van der Waals surface area contributed by atoms with Gasteiger partial charge in [-0.3, -0.25) is 4.79 Å². The minimum absolute atomic E-state index is 0.0798. The third-order valence-electron chi connectivity index (χ3n) is 2.87. The predicted molar refractivity (Wildman–Crippen MR) is 62.0 cm³/mol. The predicted octanol–water partition coefficient (Wildman–Crippen LogP) is 2.62. The first-order valence-electron chi connectivity index (χ1n) is 5.59. The van der Waals surface area contributed by atoms with Gasteiger partial charge in [0.05, 0.1) is 0 Å². The molecule has 1 aliphatic heterocycles. The molecule has 0 N–H and O–H groups in total. The Labute approximate surface area is 90.9 Å². The Morgan fingerprint density at radius 3 is 2.80 bits per heavy atom. The molecule has 0 bridgehead atoms. The number of nitrogens with zero attached hydrogens (tertiary/aromatic N) is 1. The number of carbonyl (C=O) groups excluding carboxylic acids is 1. The molecule has 0 saturated heterocycles. The van der Waals surface area contributed by atoms with Crippen LogP contribution >= 0.6 is 0 Å². The molecule has 0 atom stereocenters. The Bertz CT molecular complexity index is 371. The Morgan fingerprint density at radius 2 is 2.07 bits per heavy atom. The molecule has 2 heteroatoms. The van der Waals surface area contributed by atoms with Crippen molar-refractivity contribution in [3.8, 4) is 0 Å². The number of carbonyl (C=O) groups is 1. The maximum Gasteiger partial charge on any atom is 0.229 e. The Kier molecular flexibility index (Phi) is 2.76. The molecule has 1 aromatic carbocycles. The van der Waals surface area contributed by atoms with E-state index in [-0.39, 0.29) is 11.8 Å². The molecule has 80 valence electrons. The van der Waals surface area contributed by atoms with Crippen molar-refractivity contribution < 1.29 is 4.79 Å². The Balaban J connectivity index is 2.34. The summed E-state index contributed by atoms with van der Waals surface area (Å²) in [5.74, 6) is 0.318. The van der Waals surface area contributed by atoms with Gasteiger partial charge in [-0.05, 0) is 24.5 Å². The van der Waals surface area contributed by atoms with Crippen molar-refractivity contribution in [3.05, 3.63) is 29.8 Å². The molecule has 1 aromatic rings. The number of anilines is 1. The molecule has 1 amide bonds. The SMILES string of the molecule is CC(C)C(=O)N1CCCc2ccccc21. The molecule has 0 aliphatic carbocycles. The number of hydrogen-bond acceptors (Lipinski definition) is 1. The van der Waals surface area contributed by atoms with Crippen LogP contribution in [0.5, 0.6) is 0 Å². The molecule has 2 nitrogen and oxygen atoms in total. The van der Waals surface area contributed by atoms with E-state index in [0.717, 1.165) is 25.1 Å². The lowest BCUT2D eigenvalue weighted by Crippen LogP contribution is -2.38. The van der Waals surface area contributed by atoms with Crippen LogP contribution in [0.3, 0.4) is 0 Å². The van der Waals surface area contributed by atoms with Crippen LogP contribution < -0.4 is 4.90 Å². The average Bonchev–Trinajstić information content (AvgIpc) is 2.27. The fourth-order valence-electron chi connectivity index (χ4n) is 2.07. The highest BCUT2D eigenvalue weighted by Gasteiger charge is 2.23. The zero-order valence-corrected chi connectivity index (χ0v) is 9.36. The van der Waals surface area contributed by atoms with Crippen molar-refractivity contribution in [2.75, 3.05) is 11.4 Å². The van der Waals surface area contributed by atoms with E-state index in [4.69, 9.17) is 0 Å². The van der Waals surface area contributed by atoms with Crippen molar-refractivity contribution in [1.29, 1.82) is 0 Å². The average molecular weight is 203 g/mol. The van der Waals surface area contributed by atoms with Gasteiger partial charge in [0.25, 0.3) is 0 Å². The highest BCUT2D eigenvalue weighted by molar-refractivity contribution is 5.95. The first-order chi connectivity index (χ1) is 7.20. The summed E-state index contributed by atoms with van der Waals surface area (Å²) < 4.78 is 0. The van der Waals surface area contributed by atoms with E-state index in [1.165, 1.54) is 5.56 Å². The van der Waals surface area contributed by atoms with Gasteiger partial charge in [-0.1, -0.05) is 32.0 Å². The van der Waals surface area contributed by atoms with Gasteiger partial charge in [0.1, 0.15) is 0 Å².